The van der Waals surface area contributed by atoms with Crippen LogP contribution in [-0.2, 0) is 4.84 Å². The van der Waals surface area contributed by atoms with Crippen LogP contribution in [0.25, 0.3) is 11.0 Å². The number of fused-ring (bicyclic) bond motifs is 1. The molecule has 2 heterocycles. The standard InChI is InChI=1S/C16H16FN5O3/c1-9-2-3-13(12(17)6-9)20-14-10-8-19-21-15(10)18-7-11(14)16(24)22-25-5-4-23/h2-3,6-8,23H,4-5H2,1H3,(H,22,24)(H2,18,19,20,21). The molecule has 0 saturated heterocycles. The van der Waals surface area contributed by atoms with E-state index < -0.39 is 11.7 Å². The van der Waals surface area contributed by atoms with Gasteiger partial charge in [-0.25, -0.2) is 14.9 Å². The number of hydroxylamine groups is 1. The average Bonchev–Trinajstić information content (AvgIpc) is 3.06. The summed E-state index contributed by atoms with van der Waals surface area (Å²) in [7, 11) is 0. The summed E-state index contributed by atoms with van der Waals surface area (Å²) in [5, 5.41) is 18.8. The minimum Gasteiger partial charge on any atom is -0.394 e. The molecule has 0 aliphatic heterocycles. The van der Waals surface area contributed by atoms with E-state index in [-0.39, 0.29) is 24.5 Å². The Morgan fingerprint density at radius 2 is 2.24 bits per heavy atom. The number of rotatable bonds is 6. The van der Waals surface area contributed by atoms with Crippen LogP contribution in [0.1, 0.15) is 15.9 Å². The molecule has 1 aromatic carbocycles. The van der Waals surface area contributed by atoms with E-state index in [1.54, 1.807) is 19.1 Å². The molecule has 130 valence electrons. The van der Waals surface area contributed by atoms with Crippen molar-refractivity contribution in [2.75, 3.05) is 18.5 Å². The zero-order valence-electron chi connectivity index (χ0n) is 13.3. The number of carbonyl (C=O) groups is 1. The summed E-state index contributed by atoms with van der Waals surface area (Å²) in [5.41, 5.74) is 4.13. The fourth-order valence-corrected chi connectivity index (χ4v) is 2.28. The highest BCUT2D eigenvalue weighted by atomic mass is 19.1. The fraction of sp³-hybridized carbons (Fsp3) is 0.188. The number of aliphatic hydroxyl groups is 1. The number of hydrogen-bond acceptors (Lipinski definition) is 6. The van der Waals surface area contributed by atoms with E-state index >= 15 is 0 Å². The summed E-state index contributed by atoms with van der Waals surface area (Å²) >= 11 is 0. The lowest BCUT2D eigenvalue weighted by atomic mass is 10.1. The molecule has 0 fully saturated rings. The Labute approximate surface area is 142 Å². The van der Waals surface area contributed by atoms with Gasteiger partial charge in [0.05, 0.1) is 41.7 Å². The molecule has 0 bridgehead atoms. The maximum Gasteiger partial charge on any atom is 0.278 e. The second-order valence-electron chi connectivity index (χ2n) is 5.29. The Morgan fingerprint density at radius 1 is 1.40 bits per heavy atom. The molecule has 3 aromatic rings. The van der Waals surface area contributed by atoms with Gasteiger partial charge in [0.25, 0.3) is 5.91 Å². The van der Waals surface area contributed by atoms with E-state index in [0.29, 0.717) is 16.7 Å². The third-order valence-corrected chi connectivity index (χ3v) is 3.47. The highest BCUT2D eigenvalue weighted by Crippen LogP contribution is 2.29. The minimum atomic E-state index is -0.584. The second-order valence-corrected chi connectivity index (χ2v) is 5.29. The molecule has 1 amide bonds. The van der Waals surface area contributed by atoms with Crippen molar-refractivity contribution in [2.45, 2.75) is 6.92 Å². The second kappa shape index (κ2) is 7.24. The number of benzene rings is 1. The Bertz CT molecular complexity index is 912. The van der Waals surface area contributed by atoms with Gasteiger partial charge in [-0.3, -0.25) is 14.7 Å². The van der Waals surface area contributed by atoms with Crippen molar-refractivity contribution in [3.8, 4) is 0 Å². The SMILES string of the molecule is Cc1ccc(Nc2c(C(=O)NOCCO)cnc3[nH]ncc23)c(F)c1. The highest BCUT2D eigenvalue weighted by Gasteiger charge is 2.18. The predicted molar refractivity (Wildman–Crippen MR) is 88.8 cm³/mol. The first-order valence-electron chi connectivity index (χ1n) is 7.48. The van der Waals surface area contributed by atoms with Gasteiger partial charge in [0.1, 0.15) is 5.82 Å². The number of nitrogens with one attached hydrogen (secondary N) is 3. The number of aromatic amines is 1. The van der Waals surface area contributed by atoms with Crippen LogP contribution in [-0.4, -0.2) is 39.4 Å². The van der Waals surface area contributed by atoms with Crippen LogP contribution in [0, 0.1) is 12.7 Å². The van der Waals surface area contributed by atoms with Crippen LogP contribution in [0.5, 0.6) is 0 Å². The zero-order chi connectivity index (χ0) is 17.8. The van der Waals surface area contributed by atoms with Crippen molar-refractivity contribution in [3.63, 3.8) is 0 Å². The van der Waals surface area contributed by atoms with Gasteiger partial charge >= 0.3 is 0 Å². The van der Waals surface area contributed by atoms with Crippen LogP contribution in [0.15, 0.2) is 30.6 Å². The van der Waals surface area contributed by atoms with Gasteiger partial charge in [-0.1, -0.05) is 6.07 Å². The Hall–Kier alpha value is -3.04. The molecule has 25 heavy (non-hydrogen) atoms. The van der Waals surface area contributed by atoms with Gasteiger partial charge in [-0.2, -0.15) is 5.10 Å². The van der Waals surface area contributed by atoms with Crippen LogP contribution >= 0.6 is 0 Å². The first-order valence-corrected chi connectivity index (χ1v) is 7.48. The lowest BCUT2D eigenvalue weighted by Gasteiger charge is -2.13. The minimum absolute atomic E-state index is 0.0531. The predicted octanol–water partition coefficient (Wildman–Crippen LogP) is 1.80. The molecule has 0 radical (unpaired) electrons. The number of amides is 1. The van der Waals surface area contributed by atoms with Gasteiger partial charge in [0.2, 0.25) is 0 Å². The van der Waals surface area contributed by atoms with Gasteiger partial charge < -0.3 is 10.4 Å². The Balaban J connectivity index is 2.00. The number of aromatic nitrogens is 3. The van der Waals surface area contributed by atoms with Crippen molar-refractivity contribution < 1.29 is 19.1 Å². The molecule has 0 unspecified atom stereocenters. The van der Waals surface area contributed by atoms with Crippen molar-refractivity contribution in [3.05, 3.63) is 47.5 Å². The summed E-state index contributed by atoms with van der Waals surface area (Å²) in [6.45, 7) is 1.49. The van der Waals surface area contributed by atoms with E-state index in [1.807, 2.05) is 0 Å². The monoisotopic (exact) mass is 345 g/mol. The number of pyridine rings is 1. The van der Waals surface area contributed by atoms with Crippen molar-refractivity contribution in [1.29, 1.82) is 0 Å². The Morgan fingerprint density at radius 3 is 3.00 bits per heavy atom. The zero-order valence-corrected chi connectivity index (χ0v) is 13.3. The van der Waals surface area contributed by atoms with Gasteiger partial charge in [-0.15, -0.1) is 0 Å². The molecular weight excluding hydrogens is 329 g/mol. The van der Waals surface area contributed by atoms with Gasteiger partial charge in [-0.05, 0) is 24.6 Å². The van der Waals surface area contributed by atoms with Crippen molar-refractivity contribution in [2.24, 2.45) is 0 Å². The topological polar surface area (TPSA) is 112 Å². The molecule has 9 heteroatoms. The Kier molecular flexibility index (Phi) is 4.87. The molecule has 2 aromatic heterocycles. The summed E-state index contributed by atoms with van der Waals surface area (Å²) in [6, 6.07) is 4.73. The maximum atomic E-state index is 14.2. The normalized spacial score (nSPS) is 10.8. The highest BCUT2D eigenvalue weighted by molar-refractivity contribution is 6.06. The number of carbonyl (C=O) groups excluding carboxylic acids is 1. The quantitative estimate of drug-likeness (QED) is 0.400. The summed E-state index contributed by atoms with van der Waals surface area (Å²) in [5.74, 6) is -1.03. The molecule has 0 aliphatic rings. The lowest BCUT2D eigenvalue weighted by Crippen LogP contribution is -2.26. The van der Waals surface area contributed by atoms with Gasteiger partial charge in [0, 0.05) is 6.20 Å². The van der Waals surface area contributed by atoms with Crippen LogP contribution < -0.4 is 10.8 Å². The van der Waals surface area contributed by atoms with Crippen molar-refractivity contribution in [1.82, 2.24) is 20.7 Å². The number of anilines is 2. The van der Waals surface area contributed by atoms with Crippen LogP contribution in [0.2, 0.25) is 0 Å². The van der Waals surface area contributed by atoms with Gasteiger partial charge in [0.15, 0.2) is 5.65 Å². The molecule has 0 saturated carbocycles. The maximum absolute atomic E-state index is 14.2. The molecule has 4 N–H and O–H groups in total. The van der Waals surface area contributed by atoms with E-state index in [1.165, 1.54) is 18.5 Å². The van der Waals surface area contributed by atoms with E-state index in [2.05, 4.69) is 26.0 Å². The number of halogens is 1. The number of H-pyrrole nitrogens is 1. The first kappa shape index (κ1) is 16.8. The molecule has 3 rings (SSSR count). The van der Waals surface area contributed by atoms with E-state index in [9.17, 15) is 9.18 Å². The molecule has 0 atom stereocenters. The fourth-order valence-electron chi connectivity index (χ4n) is 2.28. The number of aliphatic hydroxyl groups excluding tert-OH is 1. The van der Waals surface area contributed by atoms with Crippen molar-refractivity contribution >= 4 is 28.3 Å². The average molecular weight is 345 g/mol. The molecule has 0 spiro atoms. The largest absolute Gasteiger partial charge is 0.394 e. The summed E-state index contributed by atoms with van der Waals surface area (Å²) in [4.78, 5) is 21.3. The third-order valence-electron chi connectivity index (χ3n) is 3.47. The van der Waals surface area contributed by atoms with E-state index in [0.717, 1.165) is 5.56 Å². The molecule has 8 nitrogen and oxygen atoms in total. The summed E-state index contributed by atoms with van der Waals surface area (Å²) in [6.07, 6.45) is 2.81. The first-order chi connectivity index (χ1) is 12.1. The smallest absolute Gasteiger partial charge is 0.278 e. The number of hydrogen-bond donors (Lipinski definition) is 4. The lowest BCUT2D eigenvalue weighted by molar-refractivity contribution is 0.0169. The summed E-state index contributed by atoms with van der Waals surface area (Å²) < 4.78 is 14.2. The number of aryl methyl sites for hydroxylation is 1. The van der Waals surface area contributed by atoms with Crippen LogP contribution in [0.3, 0.4) is 0 Å². The molecular formula is C16H16FN5O3. The van der Waals surface area contributed by atoms with E-state index in [4.69, 9.17) is 9.94 Å². The van der Waals surface area contributed by atoms with Crippen LogP contribution in [0.4, 0.5) is 15.8 Å². The molecule has 0 aliphatic carbocycles. The number of nitrogens with zero attached hydrogens (tertiary/aromatic N) is 2. The third kappa shape index (κ3) is 3.57.